The molecule has 3 heterocycles. The van der Waals surface area contributed by atoms with Gasteiger partial charge < -0.3 is 9.97 Å². The van der Waals surface area contributed by atoms with Gasteiger partial charge >= 0.3 is 0 Å². The zero-order valence-corrected chi connectivity index (χ0v) is 32.9. The molecule has 0 fully saturated rings. The van der Waals surface area contributed by atoms with Crippen molar-refractivity contribution in [1.82, 2.24) is 9.97 Å². The molecule has 1 atom stereocenters. The van der Waals surface area contributed by atoms with Crippen molar-refractivity contribution in [2.24, 2.45) is 0 Å². The molecule has 8 aromatic rings. The van der Waals surface area contributed by atoms with Crippen LogP contribution in [0.4, 0.5) is 0 Å². The van der Waals surface area contributed by atoms with Crippen LogP contribution in [0.1, 0.15) is 24.0 Å². The molecule has 0 spiro atoms. The monoisotopic (exact) mass is 859 g/mol. The number of nitrogens with zero attached hydrogens (tertiary/aromatic N) is 2. The van der Waals surface area contributed by atoms with Gasteiger partial charge in [-0.2, -0.15) is 11.3 Å². The Morgan fingerprint density at radius 1 is 0.620 bits per heavy atom. The number of fused-ring (bicyclic) bond motifs is 3. The van der Waals surface area contributed by atoms with E-state index < -0.39 is 8.07 Å². The quantitative estimate of drug-likeness (QED) is 0.123. The van der Waals surface area contributed by atoms with Crippen LogP contribution in [0.25, 0.3) is 53.8 Å². The molecule has 1 radical (unpaired) electrons. The summed E-state index contributed by atoms with van der Waals surface area (Å²) in [6.07, 6.45) is 3.94. The topological polar surface area (TPSA) is 25.8 Å². The first-order chi connectivity index (χ1) is 23.8. The van der Waals surface area contributed by atoms with E-state index in [4.69, 9.17) is 4.98 Å². The summed E-state index contributed by atoms with van der Waals surface area (Å²) in [6, 6.07) is 55.5. The van der Waals surface area contributed by atoms with Gasteiger partial charge in [0.2, 0.25) is 0 Å². The minimum atomic E-state index is -1.23. The Bertz CT molecular complexity index is 2310. The fourth-order valence-corrected chi connectivity index (χ4v) is 8.36. The van der Waals surface area contributed by atoms with Crippen LogP contribution in [0.15, 0.2) is 152 Å². The van der Waals surface area contributed by atoms with Crippen molar-refractivity contribution in [3.63, 3.8) is 0 Å². The molecule has 0 saturated heterocycles. The third kappa shape index (κ3) is 7.77. The molecule has 8 rings (SSSR count). The van der Waals surface area contributed by atoms with Crippen LogP contribution in [0, 0.1) is 12.1 Å². The minimum Gasteiger partial charge on any atom is -0.305 e. The molecular weight excluding hydrogens is 821 g/mol. The largest absolute Gasteiger partial charge is 0.305 e. The third-order valence-corrected chi connectivity index (χ3v) is 12.2. The second-order valence-corrected chi connectivity index (χ2v) is 19.5. The van der Waals surface area contributed by atoms with Crippen LogP contribution < -0.4 is 5.19 Å². The summed E-state index contributed by atoms with van der Waals surface area (Å²) in [5.74, 6) is 0.308. The van der Waals surface area contributed by atoms with Crippen molar-refractivity contribution in [3.05, 3.63) is 175 Å². The molecule has 2 nitrogen and oxygen atoms in total. The van der Waals surface area contributed by atoms with Crippen LogP contribution >= 0.6 is 11.3 Å². The molecule has 5 aromatic carbocycles. The summed E-state index contributed by atoms with van der Waals surface area (Å²) in [7, 11) is -1.23. The maximum absolute atomic E-state index is 4.75. The van der Waals surface area contributed by atoms with E-state index in [2.05, 4.69) is 153 Å². The maximum atomic E-state index is 4.75. The van der Waals surface area contributed by atoms with Gasteiger partial charge in [0.15, 0.2) is 0 Å². The summed E-state index contributed by atoms with van der Waals surface area (Å²) in [5, 5.41) is 3.96. The van der Waals surface area contributed by atoms with Crippen molar-refractivity contribution in [2.75, 3.05) is 0 Å². The Kier molecular flexibility index (Phi) is 11.0. The zero-order chi connectivity index (χ0) is 33.8. The van der Waals surface area contributed by atoms with Crippen LogP contribution in [-0.4, -0.2) is 18.0 Å². The average molecular weight is 859 g/mol. The van der Waals surface area contributed by atoms with Gasteiger partial charge in [-0.15, -0.1) is 59.7 Å². The number of hydrogen-bond donors (Lipinski definition) is 0. The molecule has 0 bridgehead atoms. The number of aromatic nitrogens is 2. The fourth-order valence-electron chi connectivity index (χ4n) is 6.08. The summed E-state index contributed by atoms with van der Waals surface area (Å²) < 4.78 is 2.54. The van der Waals surface area contributed by atoms with E-state index >= 15 is 0 Å². The summed E-state index contributed by atoms with van der Waals surface area (Å²) in [6.45, 7) is 9.25. The first-order valence-electron chi connectivity index (χ1n) is 16.7. The van der Waals surface area contributed by atoms with Gasteiger partial charge in [0.05, 0.1) is 8.07 Å². The second kappa shape index (κ2) is 15.6. The van der Waals surface area contributed by atoms with Crippen molar-refractivity contribution in [2.45, 2.75) is 32.5 Å². The van der Waals surface area contributed by atoms with Gasteiger partial charge in [0.1, 0.15) is 0 Å². The molecule has 5 heteroatoms. The minimum absolute atomic E-state index is 0. The van der Waals surface area contributed by atoms with Crippen molar-refractivity contribution in [3.8, 4) is 33.6 Å². The van der Waals surface area contributed by atoms with Gasteiger partial charge in [-0.05, 0) is 61.0 Å². The Morgan fingerprint density at radius 2 is 1.38 bits per heavy atom. The van der Waals surface area contributed by atoms with Crippen molar-refractivity contribution >= 4 is 44.8 Å². The van der Waals surface area contributed by atoms with Crippen molar-refractivity contribution in [1.29, 1.82) is 0 Å². The Labute approximate surface area is 314 Å². The first kappa shape index (κ1) is 35.3. The van der Waals surface area contributed by atoms with Gasteiger partial charge in [-0.25, -0.2) is 0 Å². The number of rotatable bonds is 6. The molecule has 0 aliphatic rings. The Morgan fingerprint density at radius 3 is 2.08 bits per heavy atom. The third-order valence-electron chi connectivity index (χ3n) is 8.99. The number of hydrogen-bond acceptors (Lipinski definition) is 3. The normalized spacial score (nSPS) is 11.8. The predicted molar refractivity (Wildman–Crippen MR) is 212 cm³/mol. The molecular formula is C45H38IrN2SSi-2. The molecule has 0 aliphatic carbocycles. The van der Waals surface area contributed by atoms with E-state index in [9.17, 15) is 0 Å². The smallest absolute Gasteiger partial charge is 0.0795 e. The van der Waals surface area contributed by atoms with E-state index in [1.165, 1.54) is 47.6 Å². The number of pyridine rings is 2. The molecule has 0 aliphatic heterocycles. The molecule has 0 amide bonds. The molecule has 1 unspecified atom stereocenters. The fraction of sp³-hybridized carbons (Fsp3) is 0.111. The summed E-state index contributed by atoms with van der Waals surface area (Å²) in [4.78, 5) is 9.27. The summed E-state index contributed by atoms with van der Waals surface area (Å²) >= 11 is 1.83. The Hall–Kier alpha value is -4.51. The standard InChI is InChI=1S/C31H22NS.C14H16NSi.Ir/c1-21(22-9-4-2-5-10-22)24-17-18-32-29(19-24)28-14-8-13-27-26-16-15-25(20-30(26)33-31(27)28)23-11-6-3-7-12-23;1-16(2,3)13-9-10-14(15-11-13)12-7-5-4-6-8-12;/h2-13,15-21H,1H3;4-7,9-11H,1-3H3;/q2*-1;. The van der Waals surface area contributed by atoms with Crippen LogP contribution in [0.5, 0.6) is 0 Å². The predicted octanol–water partition coefficient (Wildman–Crippen LogP) is 11.8. The van der Waals surface area contributed by atoms with Crippen LogP contribution in [0.3, 0.4) is 0 Å². The Balaban J connectivity index is 0.000000215. The summed E-state index contributed by atoms with van der Waals surface area (Å²) in [5.41, 5.74) is 9.20. The van der Waals surface area contributed by atoms with E-state index in [0.717, 1.165) is 22.5 Å². The van der Waals surface area contributed by atoms with E-state index in [-0.39, 0.29) is 20.1 Å². The number of benzene rings is 5. The van der Waals surface area contributed by atoms with Gasteiger partial charge in [-0.3, -0.25) is 0 Å². The van der Waals surface area contributed by atoms with E-state index in [1.54, 1.807) is 0 Å². The molecule has 249 valence electrons. The van der Waals surface area contributed by atoms with E-state index in [0.29, 0.717) is 5.92 Å². The number of thiophene rings is 1. The molecule has 0 saturated carbocycles. The van der Waals surface area contributed by atoms with Crippen LogP contribution in [0.2, 0.25) is 19.6 Å². The van der Waals surface area contributed by atoms with Gasteiger partial charge in [0, 0.05) is 43.1 Å². The van der Waals surface area contributed by atoms with E-state index in [1.807, 2.05) is 54.1 Å². The SMILES string of the molecule is CC(c1ccccc1)c1ccnc(-c2[c-]ccc3c2sc2cc(-c4ccccc4)ccc23)c1.C[Si](C)(C)c1ccc(-c2[c-]cccc2)nc1.[Ir]. The second-order valence-electron chi connectivity index (χ2n) is 13.3. The van der Waals surface area contributed by atoms with Crippen molar-refractivity contribution < 1.29 is 20.1 Å². The van der Waals surface area contributed by atoms with Crippen LogP contribution in [-0.2, 0) is 20.1 Å². The maximum Gasteiger partial charge on any atom is 0.0795 e. The molecule has 0 N–H and O–H groups in total. The molecule has 50 heavy (non-hydrogen) atoms. The zero-order valence-electron chi connectivity index (χ0n) is 28.6. The first-order valence-corrected chi connectivity index (χ1v) is 21.0. The molecule has 3 aromatic heterocycles. The van der Waals surface area contributed by atoms with Gasteiger partial charge in [0.25, 0.3) is 0 Å². The average Bonchev–Trinajstić information content (AvgIpc) is 3.54. The van der Waals surface area contributed by atoms with Gasteiger partial charge in [-0.1, -0.05) is 123 Å².